The summed E-state index contributed by atoms with van der Waals surface area (Å²) >= 11 is 5.82. The minimum absolute atomic E-state index is 0.0768. The molecule has 1 aromatic carbocycles. The SMILES string of the molecule is Fc1ccc(NCc2cnc(C(F)(F)F)s2)c(F)c1Cl. The second kappa shape index (κ2) is 5.53. The Kier molecular flexibility index (Phi) is 4.14. The van der Waals surface area contributed by atoms with E-state index in [1.54, 1.807) is 0 Å². The van der Waals surface area contributed by atoms with Crippen molar-refractivity contribution in [3.8, 4) is 0 Å². The maximum atomic E-state index is 13.5. The highest BCUT2D eigenvalue weighted by Crippen LogP contribution is 2.33. The average molecular weight is 329 g/mol. The molecule has 0 unspecified atom stereocenters. The van der Waals surface area contributed by atoms with E-state index >= 15 is 0 Å². The number of nitrogens with zero attached hydrogens (tertiary/aromatic N) is 1. The van der Waals surface area contributed by atoms with Gasteiger partial charge in [-0.15, -0.1) is 11.3 Å². The van der Waals surface area contributed by atoms with Crippen molar-refractivity contribution in [2.45, 2.75) is 12.7 Å². The van der Waals surface area contributed by atoms with E-state index in [9.17, 15) is 22.0 Å². The molecular formula is C11H6ClF5N2S. The minimum Gasteiger partial charge on any atom is -0.378 e. The number of benzene rings is 1. The van der Waals surface area contributed by atoms with Gasteiger partial charge in [0.15, 0.2) is 10.8 Å². The topological polar surface area (TPSA) is 24.9 Å². The van der Waals surface area contributed by atoms with Crippen molar-refractivity contribution in [2.75, 3.05) is 5.32 Å². The summed E-state index contributed by atoms with van der Waals surface area (Å²) in [5, 5.41) is 0.888. The normalized spacial score (nSPS) is 11.7. The lowest BCUT2D eigenvalue weighted by Gasteiger charge is -2.07. The number of hydrogen-bond acceptors (Lipinski definition) is 3. The molecule has 0 aliphatic heterocycles. The fourth-order valence-corrected chi connectivity index (χ4v) is 2.25. The smallest absolute Gasteiger partial charge is 0.378 e. The molecule has 0 amide bonds. The summed E-state index contributed by atoms with van der Waals surface area (Å²) in [6, 6.07) is 2.07. The highest BCUT2D eigenvalue weighted by atomic mass is 35.5. The van der Waals surface area contributed by atoms with Crippen LogP contribution in [-0.4, -0.2) is 4.98 Å². The quantitative estimate of drug-likeness (QED) is 0.652. The summed E-state index contributed by atoms with van der Waals surface area (Å²) < 4.78 is 63.5. The lowest BCUT2D eigenvalue weighted by atomic mass is 10.3. The molecule has 1 heterocycles. The number of aromatic nitrogens is 1. The molecule has 0 aliphatic rings. The Morgan fingerprint density at radius 3 is 2.55 bits per heavy atom. The average Bonchev–Trinajstić information content (AvgIpc) is 2.84. The van der Waals surface area contributed by atoms with Crippen LogP contribution in [0, 0.1) is 11.6 Å². The Morgan fingerprint density at radius 1 is 1.25 bits per heavy atom. The third-order valence-corrected chi connectivity index (χ3v) is 3.67. The van der Waals surface area contributed by atoms with Gasteiger partial charge >= 0.3 is 6.18 Å². The maximum Gasteiger partial charge on any atom is 0.443 e. The zero-order valence-corrected chi connectivity index (χ0v) is 11.1. The van der Waals surface area contributed by atoms with Crippen molar-refractivity contribution in [1.29, 1.82) is 0 Å². The molecule has 0 aliphatic carbocycles. The summed E-state index contributed by atoms with van der Waals surface area (Å²) in [5.41, 5.74) is -0.0987. The van der Waals surface area contributed by atoms with Gasteiger partial charge in [-0.05, 0) is 12.1 Å². The fraction of sp³-hybridized carbons (Fsp3) is 0.182. The first-order chi connectivity index (χ1) is 9.29. The van der Waals surface area contributed by atoms with Crippen LogP contribution in [0.15, 0.2) is 18.3 Å². The Hall–Kier alpha value is -1.41. The van der Waals surface area contributed by atoms with Crippen LogP contribution in [0.4, 0.5) is 27.6 Å². The molecule has 108 valence electrons. The maximum absolute atomic E-state index is 13.5. The van der Waals surface area contributed by atoms with Gasteiger partial charge in [-0.2, -0.15) is 13.2 Å². The van der Waals surface area contributed by atoms with E-state index in [0.29, 0.717) is 11.3 Å². The lowest BCUT2D eigenvalue weighted by Crippen LogP contribution is -2.03. The number of nitrogens with one attached hydrogen (secondary N) is 1. The van der Waals surface area contributed by atoms with Gasteiger partial charge in [-0.1, -0.05) is 11.6 Å². The van der Waals surface area contributed by atoms with Gasteiger partial charge in [-0.25, -0.2) is 13.8 Å². The Balaban J connectivity index is 2.10. The third kappa shape index (κ3) is 3.18. The Morgan fingerprint density at radius 2 is 1.95 bits per heavy atom. The van der Waals surface area contributed by atoms with Crippen molar-refractivity contribution < 1.29 is 22.0 Å². The highest BCUT2D eigenvalue weighted by Gasteiger charge is 2.34. The number of hydrogen-bond donors (Lipinski definition) is 1. The molecule has 2 nitrogen and oxygen atoms in total. The minimum atomic E-state index is -4.51. The Labute approximate surface area is 119 Å². The van der Waals surface area contributed by atoms with Crippen molar-refractivity contribution in [3.63, 3.8) is 0 Å². The summed E-state index contributed by atoms with van der Waals surface area (Å²) in [7, 11) is 0. The van der Waals surface area contributed by atoms with Crippen molar-refractivity contribution in [1.82, 2.24) is 4.98 Å². The van der Waals surface area contributed by atoms with Gasteiger partial charge in [0.2, 0.25) is 0 Å². The number of alkyl halides is 3. The second-order valence-electron chi connectivity index (χ2n) is 3.71. The molecule has 0 saturated carbocycles. The molecule has 0 saturated heterocycles. The predicted octanol–water partition coefficient (Wildman–Crippen LogP) is 4.71. The molecule has 0 radical (unpaired) electrons. The van der Waals surface area contributed by atoms with Crippen LogP contribution in [0.5, 0.6) is 0 Å². The first-order valence-corrected chi connectivity index (χ1v) is 6.37. The standard InChI is InChI=1S/C11H6ClF5N2S/c12-8-6(13)1-2-7(9(8)14)18-3-5-4-19-10(20-5)11(15,16)17/h1-2,4,18H,3H2. The van der Waals surface area contributed by atoms with Crippen LogP contribution in [-0.2, 0) is 12.7 Å². The van der Waals surface area contributed by atoms with E-state index < -0.39 is 27.8 Å². The van der Waals surface area contributed by atoms with Crippen LogP contribution in [0.25, 0.3) is 0 Å². The van der Waals surface area contributed by atoms with Gasteiger partial charge in [0, 0.05) is 11.1 Å². The monoisotopic (exact) mass is 328 g/mol. The molecule has 0 spiro atoms. The molecule has 2 rings (SSSR count). The van der Waals surface area contributed by atoms with E-state index in [2.05, 4.69) is 10.3 Å². The Bertz CT molecular complexity index is 626. The van der Waals surface area contributed by atoms with Crippen molar-refractivity contribution >= 4 is 28.6 Å². The number of thiazole rings is 1. The van der Waals surface area contributed by atoms with Gasteiger partial charge in [0.25, 0.3) is 0 Å². The molecule has 20 heavy (non-hydrogen) atoms. The lowest BCUT2D eigenvalue weighted by molar-refractivity contribution is -0.137. The van der Waals surface area contributed by atoms with Gasteiger partial charge < -0.3 is 5.32 Å². The van der Waals surface area contributed by atoms with E-state index in [0.717, 1.165) is 18.3 Å². The second-order valence-corrected chi connectivity index (χ2v) is 5.20. The van der Waals surface area contributed by atoms with E-state index in [-0.39, 0.29) is 17.1 Å². The zero-order chi connectivity index (χ0) is 14.9. The fourth-order valence-electron chi connectivity index (χ4n) is 1.37. The van der Waals surface area contributed by atoms with Crippen molar-refractivity contribution in [2.24, 2.45) is 0 Å². The summed E-state index contributed by atoms with van der Waals surface area (Å²) in [4.78, 5) is 3.49. The van der Waals surface area contributed by atoms with Gasteiger partial charge in [0.05, 0.1) is 12.2 Å². The zero-order valence-electron chi connectivity index (χ0n) is 9.56. The summed E-state index contributed by atoms with van der Waals surface area (Å²) in [6.07, 6.45) is -3.46. The van der Waals surface area contributed by atoms with Crippen LogP contribution in [0.2, 0.25) is 5.02 Å². The van der Waals surface area contributed by atoms with Crippen molar-refractivity contribution in [3.05, 3.63) is 44.9 Å². The van der Waals surface area contributed by atoms with Gasteiger partial charge in [0.1, 0.15) is 10.8 Å². The molecule has 0 fully saturated rings. The first kappa shape index (κ1) is 15.0. The molecule has 1 N–H and O–H groups in total. The number of rotatable bonds is 3. The highest BCUT2D eigenvalue weighted by molar-refractivity contribution is 7.11. The van der Waals surface area contributed by atoms with E-state index in [1.807, 2.05) is 0 Å². The van der Waals surface area contributed by atoms with E-state index in [1.165, 1.54) is 0 Å². The molecule has 1 aromatic heterocycles. The van der Waals surface area contributed by atoms with Gasteiger partial charge in [-0.3, -0.25) is 0 Å². The molecule has 9 heteroatoms. The number of anilines is 1. The van der Waals surface area contributed by atoms with E-state index in [4.69, 9.17) is 11.6 Å². The molecule has 2 aromatic rings. The molecular weight excluding hydrogens is 323 g/mol. The predicted molar refractivity (Wildman–Crippen MR) is 65.8 cm³/mol. The van der Waals surface area contributed by atoms with Crippen LogP contribution in [0.3, 0.4) is 0 Å². The van der Waals surface area contributed by atoms with Crippen LogP contribution < -0.4 is 5.32 Å². The summed E-state index contributed by atoms with van der Waals surface area (Å²) in [5.74, 6) is -1.90. The van der Waals surface area contributed by atoms with Crippen LogP contribution in [0.1, 0.15) is 9.88 Å². The molecule has 0 atom stereocenters. The largest absolute Gasteiger partial charge is 0.443 e. The summed E-state index contributed by atoms with van der Waals surface area (Å²) in [6.45, 7) is -0.0768. The first-order valence-electron chi connectivity index (χ1n) is 5.18. The third-order valence-electron chi connectivity index (χ3n) is 2.28. The number of halogens is 6. The van der Waals surface area contributed by atoms with Crippen LogP contribution >= 0.6 is 22.9 Å². The molecule has 0 bridgehead atoms.